The van der Waals surface area contributed by atoms with Crippen LogP contribution in [0.25, 0.3) is 38.8 Å². The fourth-order valence-electron chi connectivity index (χ4n) is 17.0. The topological polar surface area (TPSA) is 412 Å². The van der Waals surface area contributed by atoms with Crippen LogP contribution in [-0.2, 0) is 97.8 Å². The summed E-state index contributed by atoms with van der Waals surface area (Å²) in [6, 6.07) is 10.9. The van der Waals surface area contributed by atoms with Gasteiger partial charge in [-0.25, -0.2) is 19.3 Å². The molecular formula is C97H141F3N12O22. The number of aryl methyl sites for hydroxylation is 1. The number of aliphatic hydroxyl groups excluding tert-OH is 4. The number of imidazole rings is 1. The molecule has 0 aliphatic carbocycles. The summed E-state index contributed by atoms with van der Waals surface area (Å²) in [6.45, 7) is 22.2. The largest absolute Gasteiger partial charge is 0.481 e. The monoisotopic (exact) mass is 1880 g/mol. The van der Waals surface area contributed by atoms with E-state index < -0.39 is 108 Å². The lowest BCUT2D eigenvalue weighted by molar-refractivity contribution is -0.245. The molecule has 0 saturated carbocycles. The molecule has 4 aromatic heterocycles. The molecule has 0 unspecified atom stereocenters. The number of allylic oxidation sites excluding steroid dienone is 4. The fourth-order valence-corrected chi connectivity index (χ4v) is 17.0. The molecule has 9 rings (SSSR count). The minimum Gasteiger partial charge on any atom is -0.481 e. The number of piperidine rings is 1. The number of halogens is 3. The van der Waals surface area contributed by atoms with Crippen LogP contribution in [0.4, 0.5) is 18.9 Å². The molecular weight excluding hydrogens is 1740 g/mol. The second-order valence-electron chi connectivity index (χ2n) is 35.0. The Labute approximate surface area is 782 Å². The number of aliphatic hydroxyl groups is 5. The van der Waals surface area contributed by atoms with Gasteiger partial charge in [0, 0.05) is 133 Å². The summed E-state index contributed by atoms with van der Waals surface area (Å²) in [7, 11) is 6.14. The van der Waals surface area contributed by atoms with Crippen LogP contribution in [0.15, 0.2) is 125 Å². The summed E-state index contributed by atoms with van der Waals surface area (Å²) in [5, 5.41) is 71.3. The van der Waals surface area contributed by atoms with Gasteiger partial charge in [0.2, 0.25) is 17.6 Å². The number of likely N-dealkylation sites (tertiary alicyclic amines) is 1. The zero-order valence-corrected chi connectivity index (χ0v) is 79.5. The molecule has 37 heteroatoms. The number of rotatable bonds is 58. The number of piperazine rings is 1. The highest BCUT2D eigenvalue weighted by molar-refractivity contribution is 6.39. The van der Waals surface area contributed by atoms with Gasteiger partial charge in [-0.15, -0.1) is 5.10 Å². The molecule has 2 aromatic carbocycles. The lowest BCUT2D eigenvalue weighted by Gasteiger charge is -2.40. The van der Waals surface area contributed by atoms with E-state index in [1.54, 1.807) is 91.4 Å². The van der Waals surface area contributed by atoms with Gasteiger partial charge in [-0.3, -0.25) is 28.5 Å². The van der Waals surface area contributed by atoms with Gasteiger partial charge in [-0.05, 0) is 150 Å². The highest BCUT2D eigenvalue weighted by Crippen LogP contribution is 2.41. The predicted molar refractivity (Wildman–Crippen MR) is 498 cm³/mol. The van der Waals surface area contributed by atoms with Crippen molar-refractivity contribution in [2.24, 2.45) is 35.7 Å². The van der Waals surface area contributed by atoms with Gasteiger partial charge < -0.3 is 103 Å². The third kappa shape index (κ3) is 31.6. The van der Waals surface area contributed by atoms with Gasteiger partial charge in [-0.1, -0.05) is 88.0 Å². The molecule has 7 N–H and O–H groups in total. The third-order valence-corrected chi connectivity index (χ3v) is 24.7. The van der Waals surface area contributed by atoms with E-state index in [1.807, 2.05) is 65.0 Å². The van der Waals surface area contributed by atoms with Crippen molar-refractivity contribution >= 4 is 56.9 Å². The Balaban J connectivity index is 0.621. The van der Waals surface area contributed by atoms with Crippen LogP contribution < -0.4 is 21.1 Å². The van der Waals surface area contributed by atoms with E-state index in [9.17, 15) is 49.5 Å². The zero-order valence-electron chi connectivity index (χ0n) is 79.5. The van der Waals surface area contributed by atoms with Crippen molar-refractivity contribution in [1.82, 2.24) is 43.9 Å². The number of amides is 2. The van der Waals surface area contributed by atoms with Gasteiger partial charge in [0.05, 0.1) is 163 Å². The minimum atomic E-state index is -4.76. The number of pyridine rings is 2. The van der Waals surface area contributed by atoms with E-state index in [-0.39, 0.29) is 113 Å². The SMILES string of the molecule is C=C/C=C/C=C(\C)[C@H](C[C@@H]1CCC[C@](O)(C(=O)C(=O)N2CCCC[C@H]2C(=O)O[C@@H](C[C@@H](O)[C@H](C)/C=C(\C)[C@@H](O)[C@@H](O)/C(=N/OCc2cn(CCOCCOCCOCCOCCOCCCCOCCC(=O)N3CCN(c4ccc(-n5c(=O)n(C)c6cnc7ccc(-c8ccc(OC)nc8)cc7c65)cc4C(F)(F)F)CC3)nn2)[C@H](C)CC(C)C)[C@H](N)CCC[C@@H](OC)[C@H](O)CC)O1)OC. The summed E-state index contributed by atoms with van der Waals surface area (Å²) >= 11 is 0. The van der Waals surface area contributed by atoms with Gasteiger partial charge in [-0.2, -0.15) is 13.2 Å². The predicted octanol–water partition coefficient (Wildman–Crippen LogP) is 10.3. The average molecular weight is 1880 g/mol. The Morgan fingerprint density at radius 1 is 0.739 bits per heavy atom. The van der Waals surface area contributed by atoms with Crippen molar-refractivity contribution in [1.29, 1.82) is 0 Å². The number of fused-ring (bicyclic) bond motifs is 3. The molecule has 0 radical (unpaired) electrons. The maximum atomic E-state index is 15.0. The number of ketones is 1. The molecule has 742 valence electrons. The molecule has 3 saturated heterocycles. The number of unbranched alkanes of at least 4 members (excludes halogenated alkanes) is 1. The van der Waals surface area contributed by atoms with Crippen molar-refractivity contribution in [2.75, 3.05) is 138 Å². The Kier molecular flexibility index (Phi) is 44.2. The Hall–Kier alpha value is -9.29. The molecule has 3 aliphatic heterocycles. The number of benzene rings is 2. The standard InChI is InChI=1S/C97H141F3N12O22/c1-13-15-16-23-65(5)84(124-11)58-73-24-22-35-96(122,134-73)92(118)93(119)111-36-18-17-26-79(111)94(120)133-85(76(101)25-21-27-83(123-10)81(113)14-2)59-82(114)66(6)55-68(8)90(116)91(117)88(67(7)54-64(3)4)105-132-63-71-62-110(106-104-71)41-45-128-47-49-130-51-53-131-52-50-129-48-46-127-43-20-19-42-126-44-34-87(115)109-39-37-108(38-40-109)78-32-30-72(57-75(78)97(98,99)100)112-89-74-56-69(70-29-33-86(125-12)103-60-70)28-31-77(74)102-61-80(89)107(9)95(112)121/h13,15-16,23,28-33,55-57,60-62,64,66-67,73,76,79,81-85,90-91,113-114,116-117,122H,1,14,17-22,24-27,34-54,58-59,63,101H2,2-12H3/b16-15+,65-23+,68-55+,105-88+/t66-,67-,73+,76-,79+,81-,82-,83-,84+,85+,90-,91+,96-/m1/s1. The van der Waals surface area contributed by atoms with Gasteiger partial charge in [0.25, 0.3) is 11.7 Å². The normalized spacial score (nSPS) is 19.1. The van der Waals surface area contributed by atoms with Crippen molar-refractivity contribution in [2.45, 2.75) is 237 Å². The first-order valence-corrected chi connectivity index (χ1v) is 46.8. The number of carbonyl (C=O) groups is 4. The first-order chi connectivity index (χ1) is 64.3. The molecule has 2 amide bonds. The Bertz CT molecular complexity index is 4860. The van der Waals surface area contributed by atoms with Crippen LogP contribution in [0.5, 0.6) is 5.88 Å². The maximum Gasteiger partial charge on any atom is 0.418 e. The zero-order chi connectivity index (χ0) is 97.0. The number of ether oxygens (including phenoxy) is 11. The van der Waals surface area contributed by atoms with Gasteiger partial charge in [0.15, 0.2) is 6.61 Å². The Morgan fingerprint density at radius 2 is 1.42 bits per heavy atom. The number of anilines is 1. The number of methoxy groups -OCH3 is 3. The number of hydrogen-bond donors (Lipinski definition) is 6. The number of carbonyl (C=O) groups excluding carboxylic acids is 4. The van der Waals surface area contributed by atoms with Crippen LogP contribution in [0.3, 0.4) is 0 Å². The molecule has 7 heterocycles. The lowest BCUT2D eigenvalue weighted by atomic mass is 9.87. The van der Waals surface area contributed by atoms with Crippen molar-refractivity contribution in [3.8, 4) is 22.7 Å². The fraction of sp³-hybridized carbons (Fsp3) is 0.629. The van der Waals surface area contributed by atoms with E-state index in [1.165, 1.54) is 35.5 Å². The molecule has 13 atom stereocenters. The van der Waals surface area contributed by atoms with Crippen LogP contribution in [-0.4, -0.2) is 299 Å². The summed E-state index contributed by atoms with van der Waals surface area (Å²) in [6.07, 6.45) is 7.02. The van der Waals surface area contributed by atoms with Gasteiger partial charge in [0.1, 0.15) is 30.0 Å². The number of aromatic nitrogens is 7. The van der Waals surface area contributed by atoms with Gasteiger partial charge >= 0.3 is 17.8 Å². The lowest BCUT2D eigenvalue weighted by Crippen LogP contribution is -2.58. The summed E-state index contributed by atoms with van der Waals surface area (Å²) in [4.78, 5) is 89.1. The molecule has 6 aromatic rings. The van der Waals surface area contributed by atoms with Crippen LogP contribution in [0.2, 0.25) is 0 Å². The number of alkyl halides is 3. The van der Waals surface area contributed by atoms with Crippen LogP contribution in [0.1, 0.15) is 162 Å². The summed E-state index contributed by atoms with van der Waals surface area (Å²) < 4.78 is 112. The van der Waals surface area contributed by atoms with Crippen molar-refractivity contribution in [3.63, 3.8) is 0 Å². The molecule has 0 bridgehead atoms. The molecule has 3 fully saturated rings. The smallest absolute Gasteiger partial charge is 0.418 e. The number of esters is 1. The van der Waals surface area contributed by atoms with E-state index in [0.717, 1.165) is 40.5 Å². The second-order valence-corrected chi connectivity index (χ2v) is 35.0. The van der Waals surface area contributed by atoms with E-state index in [2.05, 4.69) is 32.0 Å². The molecule has 0 spiro atoms. The van der Waals surface area contributed by atoms with E-state index in [4.69, 9.17) is 62.7 Å². The minimum absolute atomic E-state index is 0.0267. The molecule has 34 nitrogen and oxygen atoms in total. The number of Topliss-reactive ketones (excluding diaryl/α,β-unsaturated/α-hetero) is 1. The molecule has 3 aliphatic rings. The first kappa shape index (κ1) is 108. The van der Waals surface area contributed by atoms with Crippen molar-refractivity contribution < 1.29 is 115 Å². The number of nitrogens with zero attached hydrogens (tertiary/aromatic N) is 11. The maximum absolute atomic E-state index is 15.0. The second kappa shape index (κ2) is 54.6. The third-order valence-electron chi connectivity index (χ3n) is 24.7. The molecule has 134 heavy (non-hydrogen) atoms. The highest BCUT2D eigenvalue weighted by Gasteiger charge is 2.50. The summed E-state index contributed by atoms with van der Waals surface area (Å²) in [5.41, 5.74) is 10.2. The average Bonchev–Trinajstić information content (AvgIpc) is 1.57. The van der Waals surface area contributed by atoms with E-state index >= 15 is 13.2 Å². The number of oxime groups is 1. The highest BCUT2D eigenvalue weighted by atomic mass is 19.4. The Morgan fingerprint density at radius 3 is 2.06 bits per heavy atom. The van der Waals surface area contributed by atoms with Crippen LogP contribution >= 0.6 is 0 Å². The van der Waals surface area contributed by atoms with E-state index in [0.29, 0.717) is 176 Å². The summed E-state index contributed by atoms with van der Waals surface area (Å²) in [5.74, 6) is -6.15. The van der Waals surface area contributed by atoms with Crippen molar-refractivity contribution in [3.05, 3.63) is 137 Å². The van der Waals surface area contributed by atoms with Crippen LogP contribution in [0, 0.1) is 17.8 Å². The number of nitrogens with two attached hydrogens (primary N) is 1. The first-order valence-electron chi connectivity index (χ1n) is 46.8. The number of hydrogen-bond acceptors (Lipinski definition) is 29. The quantitative estimate of drug-likeness (QED) is 0.00393.